The highest BCUT2D eigenvalue weighted by molar-refractivity contribution is 6.35. The molecular weight excluding hydrogens is 367 g/mol. The highest BCUT2D eigenvalue weighted by Crippen LogP contribution is 2.35. The number of carbonyl (C=O) groups is 2. The number of fused-ring (bicyclic) bond motifs is 1. The van der Waals surface area contributed by atoms with Gasteiger partial charge in [0, 0.05) is 34.4 Å². The van der Waals surface area contributed by atoms with Gasteiger partial charge in [-0.25, -0.2) is 0 Å². The minimum Gasteiger partial charge on any atom is -0.454 e. The van der Waals surface area contributed by atoms with Crippen LogP contribution in [0.25, 0.3) is 0 Å². The SMILES string of the molecule is CC(=O)N(CC(=O)Nc1cc(Cl)cc(Cl)c1)c1ccc2c(c1)OCO2. The Kier molecular flexibility index (Phi) is 5.01. The van der Waals surface area contributed by atoms with E-state index in [0.29, 0.717) is 32.9 Å². The van der Waals surface area contributed by atoms with E-state index in [-0.39, 0.29) is 25.2 Å². The van der Waals surface area contributed by atoms with Crippen LogP contribution in [0.3, 0.4) is 0 Å². The number of benzene rings is 2. The number of hydrogen-bond donors (Lipinski definition) is 1. The van der Waals surface area contributed by atoms with Gasteiger partial charge in [-0.3, -0.25) is 9.59 Å². The van der Waals surface area contributed by atoms with E-state index in [1.54, 1.807) is 36.4 Å². The first-order chi connectivity index (χ1) is 11.9. The maximum Gasteiger partial charge on any atom is 0.244 e. The average molecular weight is 381 g/mol. The van der Waals surface area contributed by atoms with Crippen LogP contribution in [0.4, 0.5) is 11.4 Å². The third kappa shape index (κ3) is 4.15. The molecule has 0 unspecified atom stereocenters. The van der Waals surface area contributed by atoms with Crippen molar-refractivity contribution in [1.29, 1.82) is 0 Å². The molecule has 0 aliphatic carbocycles. The third-order valence-electron chi connectivity index (χ3n) is 3.50. The molecule has 0 aromatic heterocycles. The Morgan fingerprint density at radius 1 is 1.08 bits per heavy atom. The van der Waals surface area contributed by atoms with Crippen LogP contribution in [0.5, 0.6) is 11.5 Å². The molecule has 0 radical (unpaired) electrons. The van der Waals surface area contributed by atoms with E-state index < -0.39 is 0 Å². The second-order valence-electron chi connectivity index (χ2n) is 5.35. The lowest BCUT2D eigenvalue weighted by atomic mass is 10.2. The summed E-state index contributed by atoms with van der Waals surface area (Å²) in [6.07, 6.45) is 0. The minimum absolute atomic E-state index is 0.134. The Bertz CT molecular complexity index is 821. The lowest BCUT2D eigenvalue weighted by Crippen LogP contribution is -2.36. The summed E-state index contributed by atoms with van der Waals surface area (Å²) >= 11 is 11.8. The molecular formula is C17H14Cl2N2O4. The summed E-state index contributed by atoms with van der Waals surface area (Å²) in [5.74, 6) is 0.473. The van der Waals surface area contributed by atoms with E-state index in [1.165, 1.54) is 11.8 Å². The van der Waals surface area contributed by atoms with E-state index in [4.69, 9.17) is 32.7 Å². The van der Waals surface area contributed by atoms with Crippen LogP contribution in [0.2, 0.25) is 10.0 Å². The van der Waals surface area contributed by atoms with Gasteiger partial charge in [0.05, 0.1) is 0 Å². The van der Waals surface area contributed by atoms with Crippen molar-refractivity contribution in [3.63, 3.8) is 0 Å². The van der Waals surface area contributed by atoms with Gasteiger partial charge in [-0.2, -0.15) is 0 Å². The summed E-state index contributed by atoms with van der Waals surface area (Å²) in [4.78, 5) is 25.6. The first-order valence-corrected chi connectivity index (χ1v) is 8.11. The Morgan fingerprint density at radius 2 is 1.76 bits per heavy atom. The molecule has 130 valence electrons. The van der Waals surface area contributed by atoms with Crippen molar-refractivity contribution >= 4 is 46.4 Å². The predicted octanol–water partition coefficient (Wildman–Crippen LogP) is 3.71. The Morgan fingerprint density at radius 3 is 2.44 bits per heavy atom. The Labute approximate surface area is 154 Å². The van der Waals surface area contributed by atoms with Gasteiger partial charge >= 0.3 is 0 Å². The lowest BCUT2D eigenvalue weighted by Gasteiger charge is -2.21. The van der Waals surface area contributed by atoms with Gasteiger partial charge in [0.25, 0.3) is 0 Å². The van der Waals surface area contributed by atoms with Crippen LogP contribution >= 0.6 is 23.2 Å². The molecule has 0 bridgehead atoms. The van der Waals surface area contributed by atoms with Gasteiger partial charge < -0.3 is 19.7 Å². The van der Waals surface area contributed by atoms with Crippen LogP contribution in [-0.4, -0.2) is 25.2 Å². The van der Waals surface area contributed by atoms with Crippen molar-refractivity contribution in [3.05, 3.63) is 46.4 Å². The Hall–Kier alpha value is -2.44. The molecule has 1 N–H and O–H groups in total. The molecule has 0 fully saturated rings. The molecule has 2 aromatic carbocycles. The fourth-order valence-electron chi connectivity index (χ4n) is 2.41. The van der Waals surface area contributed by atoms with Crippen molar-refractivity contribution < 1.29 is 19.1 Å². The molecule has 1 heterocycles. The number of carbonyl (C=O) groups excluding carboxylic acids is 2. The zero-order valence-electron chi connectivity index (χ0n) is 13.2. The van der Waals surface area contributed by atoms with Crippen LogP contribution < -0.4 is 19.7 Å². The number of nitrogens with zero attached hydrogens (tertiary/aromatic N) is 1. The zero-order valence-corrected chi connectivity index (χ0v) is 14.7. The van der Waals surface area contributed by atoms with Gasteiger partial charge in [0.2, 0.25) is 18.6 Å². The molecule has 1 aliphatic heterocycles. The maximum absolute atomic E-state index is 12.3. The molecule has 0 spiro atoms. The first kappa shape index (κ1) is 17.4. The molecule has 0 saturated carbocycles. The summed E-state index contributed by atoms with van der Waals surface area (Å²) in [6, 6.07) is 9.76. The van der Waals surface area contributed by atoms with Gasteiger partial charge in [-0.15, -0.1) is 0 Å². The van der Waals surface area contributed by atoms with Crippen LogP contribution in [0.15, 0.2) is 36.4 Å². The van der Waals surface area contributed by atoms with E-state index in [0.717, 1.165) is 0 Å². The van der Waals surface area contributed by atoms with Gasteiger partial charge in [-0.05, 0) is 30.3 Å². The normalized spacial score (nSPS) is 12.0. The fourth-order valence-corrected chi connectivity index (χ4v) is 2.93. The first-order valence-electron chi connectivity index (χ1n) is 7.36. The van der Waals surface area contributed by atoms with Crippen LogP contribution in [0, 0.1) is 0 Å². The molecule has 2 aromatic rings. The summed E-state index contributed by atoms with van der Waals surface area (Å²) in [7, 11) is 0. The van der Waals surface area contributed by atoms with E-state index in [9.17, 15) is 9.59 Å². The number of amides is 2. The van der Waals surface area contributed by atoms with Crippen LogP contribution in [0.1, 0.15) is 6.92 Å². The van der Waals surface area contributed by atoms with Gasteiger partial charge in [0.15, 0.2) is 11.5 Å². The summed E-state index contributed by atoms with van der Waals surface area (Å²) < 4.78 is 10.6. The molecule has 2 amide bonds. The predicted molar refractivity (Wildman–Crippen MR) is 95.7 cm³/mol. The monoisotopic (exact) mass is 380 g/mol. The molecule has 6 nitrogen and oxygen atoms in total. The van der Waals surface area contributed by atoms with Crippen molar-refractivity contribution in [1.82, 2.24) is 0 Å². The molecule has 25 heavy (non-hydrogen) atoms. The second kappa shape index (κ2) is 7.21. The van der Waals surface area contributed by atoms with Gasteiger partial charge in [0.1, 0.15) is 6.54 Å². The largest absolute Gasteiger partial charge is 0.454 e. The summed E-state index contributed by atoms with van der Waals surface area (Å²) in [5.41, 5.74) is 0.993. The number of anilines is 2. The Balaban J connectivity index is 1.75. The van der Waals surface area contributed by atoms with Crippen molar-refractivity contribution in [2.45, 2.75) is 6.92 Å². The standard InChI is InChI=1S/C17H14Cl2N2O4/c1-10(22)21(14-2-3-15-16(7-14)25-9-24-15)8-17(23)20-13-5-11(18)4-12(19)6-13/h2-7H,8-9H2,1H3,(H,20,23). The summed E-state index contributed by atoms with van der Waals surface area (Å²) in [5, 5.41) is 3.48. The maximum atomic E-state index is 12.3. The van der Waals surface area contributed by atoms with E-state index >= 15 is 0 Å². The smallest absolute Gasteiger partial charge is 0.244 e. The van der Waals surface area contributed by atoms with Crippen molar-refractivity contribution in [3.8, 4) is 11.5 Å². The van der Waals surface area contributed by atoms with Crippen molar-refractivity contribution in [2.24, 2.45) is 0 Å². The number of ether oxygens (including phenoxy) is 2. The van der Waals surface area contributed by atoms with Crippen molar-refractivity contribution in [2.75, 3.05) is 23.6 Å². The fraction of sp³-hybridized carbons (Fsp3) is 0.176. The number of rotatable bonds is 4. The van der Waals surface area contributed by atoms with E-state index in [1.807, 2.05) is 0 Å². The average Bonchev–Trinajstić information content (AvgIpc) is 2.98. The summed E-state index contributed by atoms with van der Waals surface area (Å²) in [6.45, 7) is 1.35. The van der Waals surface area contributed by atoms with Gasteiger partial charge in [-0.1, -0.05) is 23.2 Å². The third-order valence-corrected chi connectivity index (χ3v) is 3.93. The quantitative estimate of drug-likeness (QED) is 0.877. The highest BCUT2D eigenvalue weighted by Gasteiger charge is 2.20. The molecule has 8 heteroatoms. The minimum atomic E-state index is -0.383. The molecule has 0 atom stereocenters. The molecule has 1 aliphatic rings. The van der Waals surface area contributed by atoms with Crippen LogP contribution in [-0.2, 0) is 9.59 Å². The van der Waals surface area contributed by atoms with E-state index in [2.05, 4.69) is 5.32 Å². The number of halogens is 2. The highest BCUT2D eigenvalue weighted by atomic mass is 35.5. The lowest BCUT2D eigenvalue weighted by molar-refractivity contribution is -0.120. The molecule has 3 rings (SSSR count). The zero-order chi connectivity index (χ0) is 18.0. The topological polar surface area (TPSA) is 67.9 Å². The number of nitrogens with one attached hydrogen (secondary N) is 1. The number of hydrogen-bond acceptors (Lipinski definition) is 4. The second-order valence-corrected chi connectivity index (χ2v) is 6.22. The molecule has 0 saturated heterocycles.